The summed E-state index contributed by atoms with van der Waals surface area (Å²) in [5, 5.41) is 2.94. The molecule has 2 aromatic rings. The van der Waals surface area contributed by atoms with Crippen molar-refractivity contribution in [2.24, 2.45) is 5.92 Å². The summed E-state index contributed by atoms with van der Waals surface area (Å²) in [6.45, 7) is 3.72. The van der Waals surface area contributed by atoms with E-state index in [4.69, 9.17) is 0 Å². The number of amides is 3. The maximum atomic E-state index is 13.4. The number of para-hydroxylation sites is 1. The van der Waals surface area contributed by atoms with Gasteiger partial charge in [-0.2, -0.15) is 0 Å². The fourth-order valence-electron chi connectivity index (χ4n) is 4.43. The molecule has 0 aromatic heterocycles. The van der Waals surface area contributed by atoms with E-state index in [1.165, 1.54) is 5.56 Å². The molecule has 0 spiro atoms. The van der Waals surface area contributed by atoms with Crippen LogP contribution in [0.15, 0.2) is 60.7 Å². The van der Waals surface area contributed by atoms with E-state index >= 15 is 0 Å². The number of urea groups is 1. The van der Waals surface area contributed by atoms with Gasteiger partial charge in [0.25, 0.3) is 0 Å². The first kappa shape index (κ1) is 20.4. The smallest absolute Gasteiger partial charge is 0.321 e. The van der Waals surface area contributed by atoms with Crippen molar-refractivity contribution in [3.63, 3.8) is 0 Å². The van der Waals surface area contributed by atoms with Gasteiger partial charge >= 0.3 is 6.03 Å². The van der Waals surface area contributed by atoms with Crippen molar-refractivity contribution in [3.8, 4) is 0 Å². The summed E-state index contributed by atoms with van der Waals surface area (Å²) in [6.07, 6.45) is 1.43. The van der Waals surface area contributed by atoms with Crippen LogP contribution in [-0.4, -0.2) is 66.4 Å². The normalized spacial score (nSPS) is 20.8. The molecular weight excluding hydrogens is 376 g/mol. The topological polar surface area (TPSA) is 55.9 Å². The second-order valence-electron chi connectivity index (χ2n) is 8.28. The molecule has 2 heterocycles. The Morgan fingerprint density at radius 3 is 2.17 bits per heavy atom. The molecule has 1 N–H and O–H groups in total. The van der Waals surface area contributed by atoms with Gasteiger partial charge in [-0.1, -0.05) is 48.5 Å². The number of nitrogens with zero attached hydrogens (tertiary/aromatic N) is 3. The third kappa shape index (κ3) is 4.65. The van der Waals surface area contributed by atoms with Crippen molar-refractivity contribution in [1.29, 1.82) is 0 Å². The minimum absolute atomic E-state index is 0.0135. The standard InChI is InChI=1S/C24H30N4O2/c1-26-16-17-28(22(18-26)19-8-4-2-5-9-19)23(29)20-12-14-27(15-13-20)24(30)25-21-10-6-3-7-11-21/h2-11,20,22H,12-18H2,1H3,(H,25,30)/t22-/m1/s1. The van der Waals surface area contributed by atoms with Gasteiger partial charge < -0.3 is 20.0 Å². The van der Waals surface area contributed by atoms with E-state index in [-0.39, 0.29) is 23.9 Å². The highest BCUT2D eigenvalue weighted by molar-refractivity contribution is 5.89. The van der Waals surface area contributed by atoms with Gasteiger partial charge in [0, 0.05) is 44.3 Å². The average molecular weight is 407 g/mol. The van der Waals surface area contributed by atoms with Gasteiger partial charge in [0.05, 0.1) is 6.04 Å². The van der Waals surface area contributed by atoms with Crippen LogP contribution >= 0.6 is 0 Å². The molecule has 2 aliphatic heterocycles. The summed E-state index contributed by atoms with van der Waals surface area (Å²) in [5.41, 5.74) is 1.99. The Labute approximate surface area is 178 Å². The quantitative estimate of drug-likeness (QED) is 0.850. The van der Waals surface area contributed by atoms with Crippen molar-refractivity contribution < 1.29 is 9.59 Å². The number of piperazine rings is 1. The Kier molecular flexibility index (Phi) is 6.33. The van der Waals surface area contributed by atoms with Gasteiger partial charge in [-0.15, -0.1) is 0 Å². The van der Waals surface area contributed by atoms with Crippen LogP contribution in [0.25, 0.3) is 0 Å². The van der Waals surface area contributed by atoms with E-state index < -0.39 is 0 Å². The minimum atomic E-state index is -0.0890. The number of hydrogen-bond donors (Lipinski definition) is 1. The van der Waals surface area contributed by atoms with Crippen molar-refractivity contribution in [2.45, 2.75) is 18.9 Å². The Balaban J connectivity index is 1.36. The number of anilines is 1. The predicted molar refractivity (Wildman–Crippen MR) is 118 cm³/mol. The maximum absolute atomic E-state index is 13.4. The molecule has 0 unspecified atom stereocenters. The Bertz CT molecular complexity index is 850. The lowest BCUT2D eigenvalue weighted by molar-refractivity contribution is -0.142. The second-order valence-corrected chi connectivity index (χ2v) is 8.28. The van der Waals surface area contributed by atoms with Crippen molar-refractivity contribution in [3.05, 3.63) is 66.2 Å². The molecule has 0 aliphatic carbocycles. The Morgan fingerprint density at radius 1 is 0.867 bits per heavy atom. The number of likely N-dealkylation sites (N-methyl/N-ethyl adjacent to an activating group) is 1. The van der Waals surface area contributed by atoms with E-state index in [0.717, 1.165) is 38.2 Å². The number of piperidine rings is 1. The zero-order valence-electron chi connectivity index (χ0n) is 17.5. The molecule has 2 fully saturated rings. The van der Waals surface area contributed by atoms with E-state index in [1.54, 1.807) is 0 Å². The first-order chi connectivity index (χ1) is 14.6. The summed E-state index contributed by atoms with van der Waals surface area (Å²) in [4.78, 5) is 32.1. The molecule has 1 atom stereocenters. The number of rotatable bonds is 3. The zero-order chi connectivity index (χ0) is 20.9. The monoisotopic (exact) mass is 406 g/mol. The molecule has 6 nitrogen and oxygen atoms in total. The first-order valence-electron chi connectivity index (χ1n) is 10.8. The van der Waals surface area contributed by atoms with Crippen molar-refractivity contribution in [2.75, 3.05) is 45.1 Å². The molecular formula is C24H30N4O2. The van der Waals surface area contributed by atoms with Crippen LogP contribution in [0.2, 0.25) is 0 Å². The van der Waals surface area contributed by atoms with Crippen molar-refractivity contribution in [1.82, 2.24) is 14.7 Å². The number of carbonyl (C=O) groups excluding carboxylic acids is 2. The summed E-state index contributed by atoms with van der Waals surface area (Å²) in [6, 6.07) is 19.8. The number of likely N-dealkylation sites (tertiary alicyclic amines) is 1. The van der Waals surface area contributed by atoms with Gasteiger partial charge in [-0.3, -0.25) is 4.79 Å². The van der Waals surface area contributed by atoms with Crippen LogP contribution in [0.3, 0.4) is 0 Å². The molecule has 6 heteroatoms. The number of nitrogens with one attached hydrogen (secondary N) is 1. The molecule has 0 saturated carbocycles. The van der Waals surface area contributed by atoms with E-state index in [1.807, 2.05) is 53.4 Å². The van der Waals surface area contributed by atoms with Gasteiger partial charge in [0.2, 0.25) is 5.91 Å². The van der Waals surface area contributed by atoms with E-state index in [2.05, 4.69) is 34.3 Å². The SMILES string of the molecule is CN1CCN(C(=O)C2CCN(C(=O)Nc3ccccc3)CC2)[C@@H](c2ccccc2)C1. The lowest BCUT2D eigenvalue weighted by Gasteiger charge is -2.43. The van der Waals surface area contributed by atoms with Crippen LogP contribution < -0.4 is 5.32 Å². The van der Waals surface area contributed by atoms with Crippen LogP contribution in [0, 0.1) is 5.92 Å². The second kappa shape index (κ2) is 9.30. The molecule has 2 aliphatic rings. The summed E-state index contributed by atoms with van der Waals surface area (Å²) < 4.78 is 0. The van der Waals surface area contributed by atoms with Gasteiger partial charge in [0.15, 0.2) is 0 Å². The highest BCUT2D eigenvalue weighted by atomic mass is 16.2. The molecule has 30 heavy (non-hydrogen) atoms. The van der Waals surface area contributed by atoms with Crippen LogP contribution in [0.5, 0.6) is 0 Å². The van der Waals surface area contributed by atoms with Crippen molar-refractivity contribution >= 4 is 17.6 Å². The van der Waals surface area contributed by atoms with Crippen LogP contribution in [0.4, 0.5) is 10.5 Å². The molecule has 0 radical (unpaired) electrons. The third-order valence-corrected chi connectivity index (χ3v) is 6.21. The van der Waals surface area contributed by atoms with E-state index in [9.17, 15) is 9.59 Å². The number of benzene rings is 2. The highest BCUT2D eigenvalue weighted by Crippen LogP contribution is 2.29. The summed E-state index contributed by atoms with van der Waals surface area (Å²) in [7, 11) is 2.11. The minimum Gasteiger partial charge on any atom is -0.333 e. The zero-order valence-corrected chi connectivity index (χ0v) is 17.5. The molecule has 2 aromatic carbocycles. The van der Waals surface area contributed by atoms with Crippen LogP contribution in [-0.2, 0) is 4.79 Å². The Hall–Kier alpha value is -2.86. The fraction of sp³-hybridized carbons (Fsp3) is 0.417. The lowest BCUT2D eigenvalue weighted by atomic mass is 9.93. The number of carbonyl (C=O) groups is 2. The average Bonchev–Trinajstić information content (AvgIpc) is 2.80. The van der Waals surface area contributed by atoms with Gasteiger partial charge in [-0.25, -0.2) is 4.79 Å². The Morgan fingerprint density at radius 2 is 1.50 bits per heavy atom. The fourth-order valence-corrected chi connectivity index (χ4v) is 4.43. The molecule has 158 valence electrons. The summed E-state index contributed by atoms with van der Waals surface area (Å²) in [5.74, 6) is 0.223. The van der Waals surface area contributed by atoms with Crippen LogP contribution in [0.1, 0.15) is 24.4 Å². The molecule has 2 saturated heterocycles. The largest absolute Gasteiger partial charge is 0.333 e. The third-order valence-electron chi connectivity index (χ3n) is 6.21. The van der Waals surface area contributed by atoms with Gasteiger partial charge in [-0.05, 0) is 37.6 Å². The number of hydrogen-bond acceptors (Lipinski definition) is 3. The van der Waals surface area contributed by atoms with Gasteiger partial charge in [0.1, 0.15) is 0 Å². The summed E-state index contributed by atoms with van der Waals surface area (Å²) >= 11 is 0. The lowest BCUT2D eigenvalue weighted by Crippen LogP contribution is -2.52. The highest BCUT2D eigenvalue weighted by Gasteiger charge is 2.36. The molecule has 0 bridgehead atoms. The predicted octanol–water partition coefficient (Wildman–Crippen LogP) is 3.45. The molecule has 3 amide bonds. The first-order valence-corrected chi connectivity index (χ1v) is 10.8. The maximum Gasteiger partial charge on any atom is 0.321 e. The van der Waals surface area contributed by atoms with E-state index in [0.29, 0.717) is 13.1 Å². The molecule has 4 rings (SSSR count).